The number of benzene rings is 1. The summed E-state index contributed by atoms with van der Waals surface area (Å²) < 4.78 is 28.9. The van der Waals surface area contributed by atoms with Crippen LogP contribution in [0.25, 0.3) is 0 Å². The van der Waals surface area contributed by atoms with Crippen LogP contribution in [0.1, 0.15) is 12.8 Å². The van der Waals surface area contributed by atoms with Gasteiger partial charge in [-0.2, -0.15) is 0 Å². The van der Waals surface area contributed by atoms with E-state index in [4.69, 9.17) is 16.3 Å². The summed E-state index contributed by atoms with van der Waals surface area (Å²) >= 11 is 6.07. The smallest absolute Gasteiger partial charge is 0.232 e. The molecule has 0 amide bonds. The minimum Gasteiger partial charge on any atom is -0.476 e. The first kappa shape index (κ1) is 18.0. The van der Waals surface area contributed by atoms with Crippen LogP contribution >= 0.6 is 11.6 Å². The lowest BCUT2D eigenvalue weighted by molar-refractivity contribution is 0.222. The molecule has 1 aromatic carbocycles. The van der Waals surface area contributed by atoms with Crippen molar-refractivity contribution in [3.05, 3.63) is 47.6 Å². The molecule has 1 unspecified atom stereocenters. The fraction of sp³-hybridized carbons (Fsp3) is 0.389. The van der Waals surface area contributed by atoms with E-state index >= 15 is 0 Å². The lowest BCUT2D eigenvalue weighted by Crippen LogP contribution is -2.37. The Bertz CT molecular complexity index is 824. The predicted molar refractivity (Wildman–Crippen MR) is 99.2 cm³/mol. The van der Waals surface area contributed by atoms with Gasteiger partial charge in [0.25, 0.3) is 0 Å². The minimum atomic E-state index is -3.16. The molecule has 0 saturated carbocycles. The van der Waals surface area contributed by atoms with Crippen LogP contribution < -0.4 is 9.64 Å². The van der Waals surface area contributed by atoms with Gasteiger partial charge in [0, 0.05) is 37.1 Å². The van der Waals surface area contributed by atoms with Crippen LogP contribution in [0.5, 0.6) is 5.88 Å². The molecule has 134 valence electrons. The lowest BCUT2D eigenvalue weighted by Gasteiger charge is -2.34. The number of hydrogen-bond donors (Lipinski definition) is 0. The van der Waals surface area contributed by atoms with E-state index < -0.39 is 9.84 Å². The maximum absolute atomic E-state index is 11.6. The Hall–Kier alpha value is -1.79. The number of ether oxygens (including phenoxy) is 1. The number of sulfone groups is 1. The third kappa shape index (κ3) is 4.64. The second kappa shape index (κ2) is 7.62. The van der Waals surface area contributed by atoms with Crippen LogP contribution in [0.3, 0.4) is 0 Å². The Kier molecular flexibility index (Phi) is 5.49. The van der Waals surface area contributed by atoms with Gasteiger partial charge in [0.05, 0.1) is 11.5 Å². The van der Waals surface area contributed by atoms with E-state index in [1.54, 1.807) is 30.5 Å². The molecule has 1 fully saturated rings. The van der Waals surface area contributed by atoms with Crippen molar-refractivity contribution >= 4 is 27.1 Å². The average molecular weight is 381 g/mol. The van der Waals surface area contributed by atoms with Gasteiger partial charge in [0.2, 0.25) is 5.88 Å². The number of aromatic nitrogens is 1. The van der Waals surface area contributed by atoms with E-state index in [1.165, 1.54) is 6.26 Å². The van der Waals surface area contributed by atoms with Gasteiger partial charge in [-0.05, 0) is 49.2 Å². The Labute approximate surface area is 153 Å². The van der Waals surface area contributed by atoms with Crippen molar-refractivity contribution in [3.8, 4) is 5.88 Å². The Morgan fingerprint density at radius 2 is 2.04 bits per heavy atom. The van der Waals surface area contributed by atoms with Gasteiger partial charge in [0.1, 0.15) is 5.02 Å². The molecule has 5 nitrogen and oxygen atoms in total. The molecular formula is C18H21ClN2O3S. The minimum absolute atomic E-state index is 0.345. The van der Waals surface area contributed by atoms with Crippen LogP contribution in [0.4, 0.5) is 5.69 Å². The molecule has 1 aliphatic rings. The molecule has 2 heterocycles. The number of piperidine rings is 1. The normalized spacial score (nSPS) is 18.2. The predicted octanol–water partition coefficient (Wildman–Crippen LogP) is 3.43. The quantitative estimate of drug-likeness (QED) is 0.795. The van der Waals surface area contributed by atoms with E-state index in [-0.39, 0.29) is 0 Å². The van der Waals surface area contributed by atoms with E-state index in [9.17, 15) is 8.42 Å². The van der Waals surface area contributed by atoms with Gasteiger partial charge < -0.3 is 9.64 Å². The number of halogens is 1. The van der Waals surface area contributed by atoms with Crippen molar-refractivity contribution in [2.24, 2.45) is 5.92 Å². The molecule has 7 heteroatoms. The Morgan fingerprint density at radius 1 is 1.28 bits per heavy atom. The van der Waals surface area contributed by atoms with Gasteiger partial charge in [0.15, 0.2) is 9.84 Å². The van der Waals surface area contributed by atoms with Gasteiger partial charge in [-0.25, -0.2) is 13.4 Å². The van der Waals surface area contributed by atoms with Crippen molar-refractivity contribution in [2.75, 3.05) is 30.9 Å². The van der Waals surface area contributed by atoms with E-state index in [2.05, 4.69) is 9.88 Å². The first-order chi connectivity index (χ1) is 11.9. The van der Waals surface area contributed by atoms with E-state index in [0.717, 1.165) is 31.6 Å². The summed E-state index contributed by atoms with van der Waals surface area (Å²) in [5, 5.41) is 0.520. The standard InChI is InChI=1S/C18H21ClN2O3S/c1-25(22,23)16-8-6-15(7-9-16)21-11-3-4-14(12-21)13-24-18-17(19)5-2-10-20-18/h2,5-10,14H,3-4,11-13H2,1H3. The second-order valence-corrected chi connectivity index (χ2v) is 8.74. The van der Waals surface area contributed by atoms with Crippen LogP contribution in [0.15, 0.2) is 47.5 Å². The molecule has 2 aromatic rings. The molecule has 0 aliphatic carbocycles. The van der Waals surface area contributed by atoms with E-state index in [1.807, 2.05) is 12.1 Å². The topological polar surface area (TPSA) is 59.5 Å². The van der Waals surface area contributed by atoms with Gasteiger partial charge in [-0.3, -0.25) is 0 Å². The molecule has 1 saturated heterocycles. The number of rotatable bonds is 5. The molecule has 1 aromatic heterocycles. The van der Waals surface area contributed by atoms with Crippen molar-refractivity contribution in [1.82, 2.24) is 4.98 Å². The second-order valence-electron chi connectivity index (χ2n) is 6.32. The summed E-state index contributed by atoms with van der Waals surface area (Å²) in [7, 11) is -3.16. The van der Waals surface area contributed by atoms with Gasteiger partial charge in [-0.15, -0.1) is 0 Å². The summed E-state index contributed by atoms with van der Waals surface area (Å²) in [5.41, 5.74) is 1.04. The highest BCUT2D eigenvalue weighted by Crippen LogP contribution is 2.26. The fourth-order valence-corrected chi connectivity index (χ4v) is 3.82. The highest BCUT2D eigenvalue weighted by molar-refractivity contribution is 7.90. The summed E-state index contributed by atoms with van der Waals surface area (Å²) in [6.45, 7) is 2.39. The lowest BCUT2D eigenvalue weighted by atomic mass is 9.98. The van der Waals surface area contributed by atoms with Crippen LogP contribution in [0.2, 0.25) is 5.02 Å². The van der Waals surface area contributed by atoms with Crippen LogP contribution in [-0.2, 0) is 9.84 Å². The zero-order valence-electron chi connectivity index (χ0n) is 14.1. The first-order valence-corrected chi connectivity index (χ1v) is 10.5. The monoisotopic (exact) mass is 380 g/mol. The van der Waals surface area contributed by atoms with Crippen molar-refractivity contribution in [2.45, 2.75) is 17.7 Å². The summed E-state index contributed by atoms with van der Waals surface area (Å²) in [6.07, 6.45) is 5.04. The van der Waals surface area contributed by atoms with Gasteiger partial charge in [-0.1, -0.05) is 11.6 Å². The first-order valence-electron chi connectivity index (χ1n) is 8.22. The zero-order chi connectivity index (χ0) is 17.9. The average Bonchev–Trinajstić information content (AvgIpc) is 2.61. The van der Waals surface area contributed by atoms with Crippen molar-refractivity contribution in [1.29, 1.82) is 0 Å². The summed E-state index contributed by atoms with van der Waals surface area (Å²) in [6, 6.07) is 10.6. The molecule has 0 spiro atoms. The van der Waals surface area contributed by atoms with Crippen LogP contribution in [0, 0.1) is 5.92 Å². The SMILES string of the molecule is CS(=O)(=O)c1ccc(N2CCCC(COc3ncccc3Cl)C2)cc1. The molecular weight excluding hydrogens is 360 g/mol. The van der Waals surface area contributed by atoms with Crippen molar-refractivity contribution in [3.63, 3.8) is 0 Å². The third-order valence-corrected chi connectivity index (χ3v) is 5.75. The molecule has 3 rings (SSSR count). The van der Waals surface area contributed by atoms with Crippen molar-refractivity contribution < 1.29 is 13.2 Å². The molecule has 25 heavy (non-hydrogen) atoms. The third-order valence-electron chi connectivity index (χ3n) is 4.33. The number of hydrogen-bond acceptors (Lipinski definition) is 5. The Morgan fingerprint density at radius 3 is 2.72 bits per heavy atom. The largest absolute Gasteiger partial charge is 0.476 e. The molecule has 1 aliphatic heterocycles. The zero-order valence-corrected chi connectivity index (χ0v) is 15.6. The van der Waals surface area contributed by atoms with Gasteiger partial charge >= 0.3 is 0 Å². The maximum Gasteiger partial charge on any atom is 0.232 e. The summed E-state index contributed by atoms with van der Waals surface area (Å²) in [4.78, 5) is 6.76. The van der Waals surface area contributed by atoms with Crippen LogP contribution in [-0.4, -0.2) is 39.4 Å². The Balaban J connectivity index is 1.62. The van der Waals surface area contributed by atoms with E-state index in [0.29, 0.717) is 28.3 Å². The molecule has 1 atom stereocenters. The number of pyridine rings is 1. The fourth-order valence-electron chi connectivity index (χ4n) is 3.01. The highest BCUT2D eigenvalue weighted by atomic mass is 35.5. The highest BCUT2D eigenvalue weighted by Gasteiger charge is 2.21. The maximum atomic E-state index is 11.6. The molecule has 0 radical (unpaired) electrons. The number of anilines is 1. The number of nitrogens with zero attached hydrogens (tertiary/aromatic N) is 2. The molecule has 0 N–H and O–H groups in total. The summed E-state index contributed by atoms with van der Waals surface area (Å²) in [5.74, 6) is 0.847. The molecule has 0 bridgehead atoms.